The number of hydrogen-bond acceptors (Lipinski definition) is 20. The van der Waals surface area contributed by atoms with Crippen molar-refractivity contribution in [2.24, 2.45) is 25.9 Å². The van der Waals surface area contributed by atoms with E-state index < -0.39 is 10.1 Å². The Kier molecular flexibility index (Phi) is 27.3. The molecule has 406 valence electrons. The van der Waals surface area contributed by atoms with Crippen LogP contribution >= 0.6 is 0 Å². The Bertz CT molecular complexity index is 3070. The summed E-state index contributed by atoms with van der Waals surface area (Å²) in [7, 11) is 0.124. The van der Waals surface area contributed by atoms with Crippen molar-refractivity contribution in [2.75, 3.05) is 68.7 Å². The zero-order valence-corrected chi connectivity index (χ0v) is 58.6. The topological polar surface area (TPSA) is 268 Å². The van der Waals surface area contributed by atoms with E-state index in [1.807, 2.05) is 24.5 Å². The molecular weight excluding hydrogens is 1250 g/mol. The molecule has 22 nitrogen and oxygen atoms in total. The number of carbonyl (C=O) groups is 1. The minimum Gasteiger partial charge on any atom is -1.00 e. The number of anilines is 2. The number of aromatic nitrogens is 8. The molecule has 0 radical (unpaired) electrons. The summed E-state index contributed by atoms with van der Waals surface area (Å²) >= 11 is 0. The number of phenols is 1. The van der Waals surface area contributed by atoms with Gasteiger partial charge in [-0.1, -0.05) is 0 Å². The van der Waals surface area contributed by atoms with Crippen molar-refractivity contribution in [3.63, 3.8) is 0 Å². The maximum absolute atomic E-state index is 12.6. The molecule has 0 bridgehead atoms. The van der Waals surface area contributed by atoms with Gasteiger partial charge in [0.25, 0.3) is 27.7 Å². The van der Waals surface area contributed by atoms with E-state index in [1.54, 1.807) is 57.0 Å². The molecule has 4 aromatic heterocycles. The van der Waals surface area contributed by atoms with Crippen molar-refractivity contribution in [3.8, 4) is 11.5 Å². The Morgan fingerprint density at radius 3 is 1.51 bits per heavy atom. The SMILES string of the molecule is CS(=O)(=O)OC1CCC(Cc2ncccn2)CC1.Cc1nc2cc(N3CCOCC3)cc(O)c2n(C)c1=O.Cc1nc2cc(N3CCOCC3)cc(OC3CCC(Cc4ncccn4)CC3)c2n(C)c1=O.O=CO[O-].[Cs+].[Cs+].[H-]. The van der Waals surface area contributed by atoms with Gasteiger partial charge >= 0.3 is 138 Å². The number of carbonyl (C=O) groups excluding carboxylic acids is 1. The molecule has 1 N–H and O–H groups in total. The smallest absolute Gasteiger partial charge is 1.00 e. The van der Waals surface area contributed by atoms with Crippen LogP contribution in [0.2, 0.25) is 0 Å². The van der Waals surface area contributed by atoms with E-state index >= 15 is 0 Å². The van der Waals surface area contributed by atoms with Gasteiger partial charge < -0.3 is 49.8 Å². The van der Waals surface area contributed by atoms with E-state index in [0.717, 1.165) is 136 Å². The summed E-state index contributed by atoms with van der Waals surface area (Å²) in [6.45, 7) is 9.29. The van der Waals surface area contributed by atoms with Gasteiger partial charge in [-0.05, 0) is 101 Å². The molecule has 2 saturated carbocycles. The zero-order chi connectivity index (χ0) is 53.5. The number of morpholine rings is 2. The van der Waals surface area contributed by atoms with Crippen LogP contribution in [0, 0.1) is 25.7 Å². The molecule has 4 aliphatic rings. The molecule has 0 amide bonds. The molecule has 0 unspecified atom stereocenters. The summed E-state index contributed by atoms with van der Waals surface area (Å²) in [6, 6.07) is 11.4. The quantitative estimate of drug-likeness (QED) is 0.0633. The van der Waals surface area contributed by atoms with Crippen LogP contribution in [0.25, 0.3) is 22.1 Å². The van der Waals surface area contributed by atoms with Crippen molar-refractivity contribution in [2.45, 2.75) is 90.3 Å². The summed E-state index contributed by atoms with van der Waals surface area (Å²) in [5.74, 6) is 3.73. The summed E-state index contributed by atoms with van der Waals surface area (Å²) in [4.78, 5) is 66.3. The standard InChI is InChI=1S/C25H31N5O3.C14H17N3O3.C12H18N2O3S.CH2O3.2Cs.H/c1-17-25(31)29(2)24-21(28-17)15-19(30-10-12-32-13-11-30)16-22(24)33-20-6-4-18(5-7-20)14-23-26-8-3-9-27-23;1-9-14(19)16(2)13-11(15-9)7-10(8-12(13)18)17-3-5-20-6-4-17;1-18(15,16)17-11-5-3-10(4-6-11)9-12-13-7-2-8-14-12;2-1-4-3;;;/h3,8-9,15-16,18,20H,4-7,10-14H2,1-2H3;7-8,18H,3-6H2,1-2H3;2,7-8,10-11H,3-6,9H2,1H3;1,3H;;;/q;;;;2*+1;-1/p-1. The van der Waals surface area contributed by atoms with Gasteiger partial charge in [-0.2, -0.15) is 8.42 Å². The number of aryl methyl sites for hydroxylation is 4. The predicted molar refractivity (Wildman–Crippen MR) is 279 cm³/mol. The second-order valence-corrected chi connectivity index (χ2v) is 20.7. The van der Waals surface area contributed by atoms with E-state index in [2.05, 4.69) is 56.7 Å². The summed E-state index contributed by atoms with van der Waals surface area (Å²) < 4.78 is 47.6. The fourth-order valence-electron chi connectivity index (χ4n) is 9.96. The number of fused-ring (bicyclic) bond motifs is 2. The first-order chi connectivity index (χ1) is 36.1. The molecule has 77 heavy (non-hydrogen) atoms. The Morgan fingerprint density at radius 1 is 0.675 bits per heavy atom. The number of hydrogen-bond donors (Lipinski definition) is 1. The minimum absolute atomic E-state index is 0. The Balaban J connectivity index is 0.000000253. The Labute approximate surface area is 567 Å². The Hall–Kier alpha value is -2.56. The van der Waals surface area contributed by atoms with E-state index in [-0.39, 0.29) is 175 Å². The van der Waals surface area contributed by atoms with Crippen molar-refractivity contribution in [3.05, 3.63) is 105 Å². The zero-order valence-electron chi connectivity index (χ0n) is 46.2. The van der Waals surface area contributed by atoms with Crippen molar-refractivity contribution in [1.29, 1.82) is 0 Å². The largest absolute Gasteiger partial charge is 1.00 e. The van der Waals surface area contributed by atoms with Crippen LogP contribution in [0.3, 0.4) is 0 Å². The third-order valence-corrected chi connectivity index (χ3v) is 14.4. The second-order valence-electron chi connectivity index (χ2n) is 19.1. The van der Waals surface area contributed by atoms with Crippen LogP contribution in [-0.2, 0) is 60.4 Å². The van der Waals surface area contributed by atoms with E-state index in [1.165, 1.54) is 4.57 Å². The van der Waals surface area contributed by atoms with Crippen molar-refractivity contribution >= 4 is 50.0 Å². The molecule has 2 aliphatic heterocycles. The van der Waals surface area contributed by atoms with E-state index in [9.17, 15) is 23.1 Å². The predicted octanol–water partition coefficient (Wildman–Crippen LogP) is -2.06. The van der Waals surface area contributed by atoms with Crippen LogP contribution in [0.5, 0.6) is 11.5 Å². The molecule has 25 heteroatoms. The van der Waals surface area contributed by atoms with Crippen LogP contribution in [0.1, 0.15) is 75.8 Å². The molecule has 6 heterocycles. The maximum Gasteiger partial charge on any atom is 1.00 e. The van der Waals surface area contributed by atoms with Crippen LogP contribution in [0.15, 0.2) is 70.8 Å². The molecule has 2 aromatic carbocycles. The number of rotatable bonds is 11. The van der Waals surface area contributed by atoms with Gasteiger partial charge in [-0.25, -0.2) is 29.9 Å². The average molecular weight is 1320 g/mol. The van der Waals surface area contributed by atoms with Gasteiger partial charge in [0.2, 0.25) is 0 Å². The molecule has 10 rings (SSSR count). The maximum atomic E-state index is 12.6. The van der Waals surface area contributed by atoms with Crippen molar-refractivity contribution in [1.82, 2.24) is 39.0 Å². The van der Waals surface area contributed by atoms with Crippen LogP contribution in [-0.4, -0.2) is 130 Å². The first-order valence-electron chi connectivity index (χ1n) is 25.3. The number of phenolic OH excluding ortho intramolecular Hbond substituents is 1. The molecule has 4 fully saturated rings. The number of aromatic hydroxyl groups is 1. The Morgan fingerprint density at radius 2 is 1.08 bits per heavy atom. The first kappa shape index (κ1) is 65.3. The van der Waals surface area contributed by atoms with Gasteiger partial charge in [-0.15, -0.1) is 0 Å². The second kappa shape index (κ2) is 32.2. The number of benzene rings is 2. The van der Waals surface area contributed by atoms with E-state index in [4.69, 9.17) is 28.4 Å². The van der Waals surface area contributed by atoms with E-state index in [0.29, 0.717) is 60.7 Å². The summed E-state index contributed by atoms with van der Waals surface area (Å²) in [5.41, 5.74) is 5.29. The minimum atomic E-state index is -3.32. The normalized spacial score (nSPS) is 19.4. The van der Waals surface area contributed by atoms with Crippen LogP contribution in [0.4, 0.5) is 11.4 Å². The molecular formula is C52H68Cs2N10O12S. The van der Waals surface area contributed by atoms with Crippen LogP contribution < -0.4 is 169 Å². The molecule has 0 spiro atoms. The molecule has 0 atom stereocenters. The summed E-state index contributed by atoms with van der Waals surface area (Å²) in [5, 5.41) is 18.7. The number of ether oxygens (including phenoxy) is 3. The van der Waals surface area contributed by atoms with Gasteiger partial charge in [0, 0.05) is 101 Å². The average Bonchev–Trinajstić information content (AvgIpc) is 3.49. The monoisotopic (exact) mass is 1320 g/mol. The fraction of sp³-hybridized carbons (Fsp3) is 0.519. The molecule has 2 aliphatic carbocycles. The third-order valence-electron chi connectivity index (χ3n) is 13.7. The van der Waals surface area contributed by atoms with Crippen molar-refractivity contribution < 1.29 is 186 Å². The third kappa shape index (κ3) is 19.3. The molecule has 2 saturated heterocycles. The molecule has 6 aromatic rings. The van der Waals surface area contributed by atoms with Gasteiger partial charge in [0.1, 0.15) is 45.6 Å². The number of nitrogens with zero attached hydrogens (tertiary/aromatic N) is 10. The first-order valence-corrected chi connectivity index (χ1v) is 27.1. The van der Waals surface area contributed by atoms with Gasteiger partial charge in [0.05, 0.1) is 55.9 Å². The fourth-order valence-corrected chi connectivity index (χ4v) is 10.7. The van der Waals surface area contributed by atoms with Gasteiger partial charge in [-0.3, -0.25) is 18.6 Å². The van der Waals surface area contributed by atoms with Gasteiger partial charge in [0.15, 0.2) is 0 Å². The summed E-state index contributed by atoms with van der Waals surface area (Å²) in [6.07, 6.45) is 17.7.